The van der Waals surface area contributed by atoms with E-state index in [-0.39, 0.29) is 0 Å². The first-order valence-electron chi connectivity index (χ1n) is 8.17. The maximum Gasteiger partial charge on any atom is 0.330 e. The molecule has 0 aliphatic rings. The summed E-state index contributed by atoms with van der Waals surface area (Å²) in [4.78, 5) is 0. The minimum atomic E-state index is -2.85. The van der Waals surface area contributed by atoms with Crippen LogP contribution in [0.4, 0.5) is 0 Å². The average Bonchev–Trinajstić information content (AvgIpc) is 2.43. The molecular formula is C16H33O3P. The van der Waals surface area contributed by atoms with E-state index in [1.807, 2.05) is 6.08 Å². The summed E-state index contributed by atoms with van der Waals surface area (Å²) < 4.78 is 23.7. The van der Waals surface area contributed by atoms with Gasteiger partial charge in [0.15, 0.2) is 0 Å². The standard InChI is InChI=1S/C16H33O3P/c1-4-7-10-11-12-13-16-20(17,18-14-8-5-2)19-15-9-6-3/h4H,1,5-16H2,2-3H3. The van der Waals surface area contributed by atoms with Crippen molar-refractivity contribution >= 4 is 7.60 Å². The van der Waals surface area contributed by atoms with Gasteiger partial charge in [0.1, 0.15) is 0 Å². The average molecular weight is 304 g/mol. The van der Waals surface area contributed by atoms with Gasteiger partial charge in [-0.15, -0.1) is 6.58 Å². The van der Waals surface area contributed by atoms with E-state index in [2.05, 4.69) is 20.4 Å². The van der Waals surface area contributed by atoms with Crippen molar-refractivity contribution in [3.05, 3.63) is 12.7 Å². The van der Waals surface area contributed by atoms with Crippen LogP contribution < -0.4 is 0 Å². The van der Waals surface area contributed by atoms with E-state index in [1.165, 1.54) is 6.42 Å². The molecule has 0 saturated heterocycles. The van der Waals surface area contributed by atoms with E-state index in [0.29, 0.717) is 19.4 Å². The van der Waals surface area contributed by atoms with Crippen molar-refractivity contribution in [1.29, 1.82) is 0 Å². The van der Waals surface area contributed by atoms with Gasteiger partial charge in [0.05, 0.1) is 19.4 Å². The Hall–Kier alpha value is -0.110. The summed E-state index contributed by atoms with van der Waals surface area (Å²) in [6.45, 7) is 9.03. The molecule has 0 heterocycles. The zero-order valence-electron chi connectivity index (χ0n) is 13.4. The maximum atomic E-state index is 12.6. The summed E-state index contributed by atoms with van der Waals surface area (Å²) in [5, 5.41) is 0. The molecule has 0 bridgehead atoms. The lowest BCUT2D eigenvalue weighted by molar-refractivity contribution is 0.199. The summed E-state index contributed by atoms with van der Waals surface area (Å²) in [6, 6.07) is 0. The summed E-state index contributed by atoms with van der Waals surface area (Å²) in [7, 11) is -2.85. The largest absolute Gasteiger partial charge is 0.330 e. The first-order chi connectivity index (χ1) is 9.68. The Morgan fingerprint density at radius 1 is 0.900 bits per heavy atom. The van der Waals surface area contributed by atoms with E-state index < -0.39 is 7.60 Å². The van der Waals surface area contributed by atoms with Crippen LogP contribution in [0.25, 0.3) is 0 Å². The molecule has 0 atom stereocenters. The van der Waals surface area contributed by atoms with Crippen LogP contribution in [-0.4, -0.2) is 19.4 Å². The molecule has 0 unspecified atom stereocenters. The third-order valence-electron chi connectivity index (χ3n) is 3.16. The fraction of sp³-hybridized carbons (Fsp3) is 0.875. The predicted molar refractivity (Wildman–Crippen MR) is 87.5 cm³/mol. The van der Waals surface area contributed by atoms with Gasteiger partial charge in [-0.25, -0.2) is 0 Å². The third-order valence-corrected chi connectivity index (χ3v) is 5.18. The molecule has 0 aromatic heterocycles. The highest BCUT2D eigenvalue weighted by molar-refractivity contribution is 7.53. The zero-order valence-corrected chi connectivity index (χ0v) is 14.3. The van der Waals surface area contributed by atoms with Crippen LogP contribution in [-0.2, 0) is 13.6 Å². The van der Waals surface area contributed by atoms with Crippen molar-refractivity contribution < 1.29 is 13.6 Å². The van der Waals surface area contributed by atoms with Crippen molar-refractivity contribution in [2.24, 2.45) is 0 Å². The van der Waals surface area contributed by atoms with Crippen LogP contribution in [0.5, 0.6) is 0 Å². The predicted octanol–water partition coefficient (Wildman–Crippen LogP) is 5.95. The Bertz CT molecular complexity index is 252. The van der Waals surface area contributed by atoms with E-state index in [1.54, 1.807) is 0 Å². The molecule has 0 amide bonds. The number of hydrogen-bond acceptors (Lipinski definition) is 3. The monoisotopic (exact) mass is 304 g/mol. The highest BCUT2D eigenvalue weighted by Crippen LogP contribution is 2.49. The number of rotatable bonds is 15. The number of allylic oxidation sites excluding steroid dienone is 1. The van der Waals surface area contributed by atoms with Crippen molar-refractivity contribution in [3.8, 4) is 0 Å². The number of hydrogen-bond donors (Lipinski definition) is 0. The van der Waals surface area contributed by atoms with Crippen LogP contribution >= 0.6 is 7.60 Å². The van der Waals surface area contributed by atoms with E-state index in [4.69, 9.17) is 9.05 Å². The second-order valence-electron chi connectivity index (χ2n) is 5.20. The molecule has 0 saturated carbocycles. The molecule has 0 rings (SSSR count). The second kappa shape index (κ2) is 13.9. The van der Waals surface area contributed by atoms with Gasteiger partial charge in [0.2, 0.25) is 0 Å². The summed E-state index contributed by atoms with van der Waals surface area (Å²) in [6.07, 6.45) is 11.9. The van der Waals surface area contributed by atoms with Crippen LogP contribution in [0.2, 0.25) is 0 Å². The first kappa shape index (κ1) is 19.9. The molecule has 0 aromatic rings. The molecule has 0 spiro atoms. The van der Waals surface area contributed by atoms with E-state index in [0.717, 1.165) is 51.4 Å². The normalized spacial score (nSPS) is 11.7. The fourth-order valence-electron chi connectivity index (χ4n) is 1.81. The van der Waals surface area contributed by atoms with Crippen LogP contribution in [0.1, 0.15) is 71.6 Å². The Morgan fingerprint density at radius 3 is 1.95 bits per heavy atom. The minimum Gasteiger partial charge on any atom is -0.309 e. The molecule has 3 nitrogen and oxygen atoms in total. The molecule has 0 radical (unpaired) electrons. The Balaban J connectivity index is 3.95. The number of unbranched alkanes of at least 4 members (excludes halogenated alkanes) is 6. The molecule has 120 valence electrons. The van der Waals surface area contributed by atoms with Gasteiger partial charge in [-0.3, -0.25) is 4.57 Å². The molecule has 0 aliphatic heterocycles. The quantitative estimate of drug-likeness (QED) is 0.213. The summed E-state index contributed by atoms with van der Waals surface area (Å²) in [5.41, 5.74) is 0. The lowest BCUT2D eigenvalue weighted by atomic mass is 10.2. The Labute approximate surface area is 125 Å². The second-order valence-corrected chi connectivity index (χ2v) is 7.39. The molecule has 0 N–H and O–H groups in total. The lowest BCUT2D eigenvalue weighted by Crippen LogP contribution is -2.03. The molecule has 0 aromatic carbocycles. The highest BCUT2D eigenvalue weighted by atomic mass is 31.2. The van der Waals surface area contributed by atoms with Crippen molar-refractivity contribution in [3.63, 3.8) is 0 Å². The van der Waals surface area contributed by atoms with Gasteiger partial charge >= 0.3 is 7.60 Å². The van der Waals surface area contributed by atoms with Crippen molar-refractivity contribution in [2.45, 2.75) is 71.6 Å². The first-order valence-corrected chi connectivity index (χ1v) is 9.90. The third kappa shape index (κ3) is 11.7. The molecule has 4 heteroatoms. The van der Waals surface area contributed by atoms with Crippen LogP contribution in [0.15, 0.2) is 12.7 Å². The minimum absolute atomic E-state index is 0.552. The topological polar surface area (TPSA) is 35.5 Å². The SMILES string of the molecule is C=CCCCCCCP(=O)(OCCCC)OCCCC. The zero-order chi connectivity index (χ0) is 15.1. The van der Waals surface area contributed by atoms with Gasteiger partial charge in [-0.2, -0.15) is 0 Å². The summed E-state index contributed by atoms with van der Waals surface area (Å²) in [5.74, 6) is 0. The molecule has 0 aliphatic carbocycles. The van der Waals surface area contributed by atoms with Gasteiger partial charge in [0.25, 0.3) is 0 Å². The molecule has 0 fully saturated rings. The van der Waals surface area contributed by atoms with Gasteiger partial charge in [0, 0.05) is 0 Å². The molecular weight excluding hydrogens is 271 g/mol. The Kier molecular flexibility index (Phi) is 13.8. The lowest BCUT2D eigenvalue weighted by Gasteiger charge is -2.18. The smallest absolute Gasteiger partial charge is 0.309 e. The van der Waals surface area contributed by atoms with Crippen LogP contribution in [0.3, 0.4) is 0 Å². The maximum absolute atomic E-state index is 12.6. The molecule has 20 heavy (non-hydrogen) atoms. The van der Waals surface area contributed by atoms with Crippen molar-refractivity contribution in [1.82, 2.24) is 0 Å². The van der Waals surface area contributed by atoms with Gasteiger partial charge in [-0.1, -0.05) is 45.6 Å². The highest BCUT2D eigenvalue weighted by Gasteiger charge is 2.23. The van der Waals surface area contributed by atoms with Crippen molar-refractivity contribution in [2.75, 3.05) is 19.4 Å². The fourth-order valence-corrected chi connectivity index (χ4v) is 3.57. The van der Waals surface area contributed by atoms with Crippen LogP contribution in [0, 0.1) is 0 Å². The van der Waals surface area contributed by atoms with E-state index in [9.17, 15) is 4.57 Å². The summed E-state index contributed by atoms with van der Waals surface area (Å²) >= 11 is 0. The van der Waals surface area contributed by atoms with Gasteiger partial charge in [-0.05, 0) is 32.1 Å². The Morgan fingerprint density at radius 2 is 1.45 bits per heavy atom. The van der Waals surface area contributed by atoms with Gasteiger partial charge < -0.3 is 9.05 Å². The van der Waals surface area contributed by atoms with E-state index >= 15 is 0 Å².